The lowest BCUT2D eigenvalue weighted by Crippen LogP contribution is -1.83. The fourth-order valence-electron chi connectivity index (χ4n) is 1.39. The fourth-order valence-corrected chi connectivity index (χ4v) is 1.39. The van der Waals surface area contributed by atoms with Gasteiger partial charge in [-0.1, -0.05) is 12.1 Å². The standard InChI is InChI=1S/C10H11N/c1-7-3-4-9-6-11-8(2)5-10(7)9/h3-6,11H,1-2H3. The van der Waals surface area contributed by atoms with E-state index >= 15 is 0 Å². The average molecular weight is 145 g/mol. The molecule has 11 heavy (non-hydrogen) atoms. The van der Waals surface area contributed by atoms with Gasteiger partial charge in [-0.25, -0.2) is 0 Å². The van der Waals surface area contributed by atoms with Gasteiger partial charge in [-0.2, -0.15) is 0 Å². The van der Waals surface area contributed by atoms with E-state index in [0.29, 0.717) is 0 Å². The summed E-state index contributed by atoms with van der Waals surface area (Å²) in [5, 5.41) is 0. The highest BCUT2D eigenvalue weighted by Crippen LogP contribution is 2.26. The summed E-state index contributed by atoms with van der Waals surface area (Å²) in [4.78, 5) is 3.19. The zero-order chi connectivity index (χ0) is 7.84. The monoisotopic (exact) mass is 145 g/mol. The van der Waals surface area contributed by atoms with Crippen LogP contribution in [0.15, 0.2) is 24.4 Å². The topological polar surface area (TPSA) is 15.8 Å². The zero-order valence-corrected chi connectivity index (χ0v) is 6.81. The summed E-state index contributed by atoms with van der Waals surface area (Å²) in [5.74, 6) is 0. The van der Waals surface area contributed by atoms with Crippen molar-refractivity contribution in [1.29, 1.82) is 0 Å². The van der Waals surface area contributed by atoms with Crippen LogP contribution in [-0.4, -0.2) is 4.98 Å². The van der Waals surface area contributed by atoms with Gasteiger partial charge in [0.2, 0.25) is 0 Å². The minimum atomic E-state index is 1.21. The molecule has 2 rings (SSSR count). The summed E-state index contributed by atoms with van der Waals surface area (Å²) in [6.45, 7) is 4.22. The molecule has 0 saturated carbocycles. The first-order valence-electron chi connectivity index (χ1n) is 3.82. The lowest BCUT2D eigenvalue weighted by atomic mass is 10.1. The summed E-state index contributed by atoms with van der Waals surface area (Å²) in [6.07, 6.45) is 2.05. The Bertz CT molecular complexity index is 346. The molecule has 1 N–H and O–H groups in total. The van der Waals surface area contributed by atoms with Gasteiger partial charge >= 0.3 is 0 Å². The van der Waals surface area contributed by atoms with Gasteiger partial charge in [0, 0.05) is 11.9 Å². The molecule has 2 aliphatic rings. The summed E-state index contributed by atoms with van der Waals surface area (Å²) in [5.41, 5.74) is 5.23. The molecule has 0 atom stereocenters. The molecule has 0 amide bonds. The Labute approximate surface area is 66.4 Å². The van der Waals surface area contributed by atoms with Crippen LogP contribution in [0, 0.1) is 13.8 Å². The second-order valence-corrected chi connectivity index (χ2v) is 3.00. The van der Waals surface area contributed by atoms with E-state index in [2.05, 4.69) is 43.2 Å². The maximum atomic E-state index is 3.19. The highest BCUT2D eigenvalue weighted by Gasteiger charge is 2.04. The Balaban J connectivity index is 2.76. The number of H-pyrrole nitrogens is 1. The maximum absolute atomic E-state index is 3.19. The predicted octanol–water partition coefficient (Wildman–Crippen LogP) is 2.74. The van der Waals surface area contributed by atoms with Crippen molar-refractivity contribution in [3.05, 3.63) is 35.7 Å². The fraction of sp³-hybridized carbons (Fsp3) is 0.200. The van der Waals surface area contributed by atoms with Gasteiger partial charge in [-0.05, 0) is 36.6 Å². The van der Waals surface area contributed by atoms with Crippen LogP contribution in [0.4, 0.5) is 0 Å². The number of aromatic nitrogens is 1. The van der Waals surface area contributed by atoms with E-state index < -0.39 is 0 Å². The molecule has 0 fully saturated rings. The van der Waals surface area contributed by atoms with E-state index in [4.69, 9.17) is 0 Å². The maximum Gasteiger partial charge on any atom is 0.0121 e. The summed E-state index contributed by atoms with van der Waals surface area (Å²) >= 11 is 0. The number of aromatic amines is 1. The van der Waals surface area contributed by atoms with Crippen LogP contribution in [-0.2, 0) is 0 Å². The summed E-state index contributed by atoms with van der Waals surface area (Å²) in [7, 11) is 0. The van der Waals surface area contributed by atoms with E-state index in [0.717, 1.165) is 0 Å². The first-order chi connectivity index (χ1) is 5.27. The van der Waals surface area contributed by atoms with Gasteiger partial charge in [0.1, 0.15) is 0 Å². The quantitative estimate of drug-likeness (QED) is 0.586. The average Bonchev–Trinajstić information content (AvgIpc) is 2.33. The number of nitrogens with one attached hydrogen (secondary N) is 1. The van der Waals surface area contributed by atoms with E-state index in [-0.39, 0.29) is 0 Å². The van der Waals surface area contributed by atoms with Crippen LogP contribution in [0.3, 0.4) is 0 Å². The third-order valence-electron chi connectivity index (χ3n) is 2.06. The molecule has 1 nitrogen and oxygen atoms in total. The Kier molecular flexibility index (Phi) is 1.25. The largest absolute Gasteiger partial charge is 0.365 e. The molecule has 1 aliphatic heterocycles. The molecular formula is C10H11N. The number of hydrogen-bond donors (Lipinski definition) is 1. The third kappa shape index (κ3) is 0.929. The van der Waals surface area contributed by atoms with Crippen molar-refractivity contribution in [2.24, 2.45) is 0 Å². The number of fused-ring (bicyclic) bond motifs is 1. The Hall–Kier alpha value is -1.24. The van der Waals surface area contributed by atoms with Crippen LogP contribution in [0.5, 0.6) is 0 Å². The highest BCUT2D eigenvalue weighted by molar-refractivity contribution is 5.70. The van der Waals surface area contributed by atoms with Gasteiger partial charge in [0.05, 0.1) is 0 Å². The van der Waals surface area contributed by atoms with Crippen molar-refractivity contribution >= 4 is 0 Å². The smallest absolute Gasteiger partial charge is 0.0121 e. The Morgan fingerprint density at radius 2 is 2.00 bits per heavy atom. The van der Waals surface area contributed by atoms with Crippen LogP contribution in [0.1, 0.15) is 11.3 Å². The molecule has 0 aromatic rings. The Morgan fingerprint density at radius 3 is 2.82 bits per heavy atom. The first kappa shape index (κ1) is 6.47. The van der Waals surface area contributed by atoms with Crippen molar-refractivity contribution in [2.45, 2.75) is 13.8 Å². The second-order valence-electron chi connectivity index (χ2n) is 3.00. The van der Waals surface area contributed by atoms with E-state index in [1.807, 2.05) is 0 Å². The molecule has 0 aromatic heterocycles. The van der Waals surface area contributed by atoms with Gasteiger partial charge in [0.25, 0.3) is 0 Å². The van der Waals surface area contributed by atoms with E-state index in [1.165, 1.54) is 22.4 Å². The molecule has 0 spiro atoms. The van der Waals surface area contributed by atoms with Gasteiger partial charge in [0.15, 0.2) is 0 Å². The lowest BCUT2D eigenvalue weighted by molar-refractivity contribution is 1.20. The van der Waals surface area contributed by atoms with Crippen LogP contribution >= 0.6 is 0 Å². The molecule has 0 bridgehead atoms. The molecular weight excluding hydrogens is 134 g/mol. The third-order valence-corrected chi connectivity index (χ3v) is 2.06. The van der Waals surface area contributed by atoms with Crippen molar-refractivity contribution in [2.75, 3.05) is 0 Å². The number of rotatable bonds is 0. The summed E-state index contributed by atoms with van der Waals surface area (Å²) < 4.78 is 0. The SMILES string of the molecule is Cc1cc2c(C)ccc-2c[nH]1. The lowest BCUT2D eigenvalue weighted by Gasteiger charge is -2.01. The molecule has 0 unspecified atom stereocenters. The number of aryl methyl sites for hydroxylation is 2. The van der Waals surface area contributed by atoms with Crippen LogP contribution in [0.25, 0.3) is 11.1 Å². The first-order valence-corrected chi connectivity index (χ1v) is 3.82. The Morgan fingerprint density at radius 1 is 1.18 bits per heavy atom. The van der Waals surface area contributed by atoms with E-state index in [9.17, 15) is 0 Å². The highest BCUT2D eigenvalue weighted by atomic mass is 14.7. The van der Waals surface area contributed by atoms with Gasteiger partial charge in [-0.3, -0.25) is 0 Å². The van der Waals surface area contributed by atoms with Crippen LogP contribution in [0.2, 0.25) is 0 Å². The molecule has 56 valence electrons. The number of hydrogen-bond acceptors (Lipinski definition) is 0. The molecule has 0 radical (unpaired) electrons. The van der Waals surface area contributed by atoms with Crippen molar-refractivity contribution in [3.63, 3.8) is 0 Å². The minimum absolute atomic E-state index is 1.21. The predicted molar refractivity (Wildman–Crippen MR) is 46.9 cm³/mol. The van der Waals surface area contributed by atoms with Crippen molar-refractivity contribution < 1.29 is 0 Å². The second kappa shape index (κ2) is 2.12. The number of pyridine rings is 1. The van der Waals surface area contributed by atoms with Crippen LogP contribution < -0.4 is 0 Å². The minimum Gasteiger partial charge on any atom is -0.365 e. The molecule has 0 saturated heterocycles. The van der Waals surface area contributed by atoms with Gasteiger partial charge in [-0.15, -0.1) is 0 Å². The van der Waals surface area contributed by atoms with E-state index in [1.54, 1.807) is 0 Å². The molecule has 1 heteroatoms. The molecule has 1 aliphatic carbocycles. The summed E-state index contributed by atoms with van der Waals surface area (Å²) in [6, 6.07) is 6.48. The zero-order valence-electron chi connectivity index (χ0n) is 6.81. The van der Waals surface area contributed by atoms with Crippen molar-refractivity contribution in [1.82, 2.24) is 4.98 Å². The molecule has 0 aromatic carbocycles. The van der Waals surface area contributed by atoms with Gasteiger partial charge < -0.3 is 4.98 Å². The normalized spacial score (nSPS) is 10.7. The molecule has 1 heterocycles. The van der Waals surface area contributed by atoms with Crippen molar-refractivity contribution in [3.8, 4) is 11.1 Å².